The first kappa shape index (κ1) is 12.9. The van der Waals surface area contributed by atoms with E-state index < -0.39 is 0 Å². The Morgan fingerprint density at radius 2 is 1.72 bits per heavy atom. The summed E-state index contributed by atoms with van der Waals surface area (Å²) < 4.78 is 0. The number of aldehydes is 1. The molecule has 0 aliphatic heterocycles. The summed E-state index contributed by atoms with van der Waals surface area (Å²) in [5.41, 5.74) is 2.46. The van der Waals surface area contributed by atoms with E-state index in [-0.39, 0.29) is 5.25 Å². The topological polar surface area (TPSA) is 17.1 Å². The van der Waals surface area contributed by atoms with E-state index in [1.807, 2.05) is 18.2 Å². The molecule has 2 aromatic rings. The van der Waals surface area contributed by atoms with Crippen LogP contribution in [0.15, 0.2) is 59.5 Å². The first-order chi connectivity index (χ1) is 8.79. The minimum atomic E-state index is 0.200. The fraction of sp³-hybridized carbons (Fsp3) is 0.188. The third-order valence-electron chi connectivity index (χ3n) is 2.78. The smallest absolute Gasteiger partial charge is 0.121 e. The van der Waals surface area contributed by atoms with Crippen molar-refractivity contribution in [2.24, 2.45) is 0 Å². The predicted molar refractivity (Wildman–Crippen MR) is 76.9 cm³/mol. The van der Waals surface area contributed by atoms with Crippen LogP contribution in [0, 0.1) is 6.92 Å². The minimum absolute atomic E-state index is 0.200. The average Bonchev–Trinajstić information content (AvgIpc) is 2.42. The normalized spacial score (nSPS) is 12.1. The van der Waals surface area contributed by atoms with E-state index in [1.165, 1.54) is 16.0 Å². The Bertz CT molecular complexity index is 490. The van der Waals surface area contributed by atoms with Gasteiger partial charge in [-0.1, -0.05) is 48.0 Å². The van der Waals surface area contributed by atoms with Gasteiger partial charge in [0.15, 0.2) is 0 Å². The zero-order valence-electron chi connectivity index (χ0n) is 10.4. The van der Waals surface area contributed by atoms with Gasteiger partial charge in [0.2, 0.25) is 0 Å². The maximum Gasteiger partial charge on any atom is 0.121 e. The standard InChI is InChI=1S/C16H16OS/c1-13-7-9-15(10-8-13)18-16(11-12-17)14-5-3-2-4-6-14/h2-10,12,16H,11H2,1H3. The summed E-state index contributed by atoms with van der Waals surface area (Å²) >= 11 is 1.74. The molecule has 2 rings (SSSR count). The largest absolute Gasteiger partial charge is 0.303 e. The molecule has 0 saturated carbocycles. The van der Waals surface area contributed by atoms with Gasteiger partial charge in [0.25, 0.3) is 0 Å². The second kappa shape index (κ2) is 6.41. The number of carbonyl (C=O) groups excluding carboxylic acids is 1. The van der Waals surface area contributed by atoms with Crippen LogP contribution in [0.1, 0.15) is 22.8 Å². The van der Waals surface area contributed by atoms with E-state index in [0.29, 0.717) is 6.42 Å². The Morgan fingerprint density at radius 1 is 1.06 bits per heavy atom. The van der Waals surface area contributed by atoms with Crippen molar-refractivity contribution >= 4 is 18.0 Å². The molecule has 1 nitrogen and oxygen atoms in total. The van der Waals surface area contributed by atoms with Crippen molar-refractivity contribution in [1.82, 2.24) is 0 Å². The molecule has 0 fully saturated rings. The van der Waals surface area contributed by atoms with Crippen molar-refractivity contribution in [3.05, 3.63) is 65.7 Å². The predicted octanol–water partition coefficient (Wildman–Crippen LogP) is 4.42. The number of thioether (sulfide) groups is 1. The summed E-state index contributed by atoms with van der Waals surface area (Å²) in [7, 11) is 0. The minimum Gasteiger partial charge on any atom is -0.303 e. The number of aryl methyl sites for hydroxylation is 1. The Kier molecular flexibility index (Phi) is 4.59. The lowest BCUT2D eigenvalue weighted by atomic mass is 10.1. The van der Waals surface area contributed by atoms with Gasteiger partial charge in [-0.15, -0.1) is 11.8 Å². The highest BCUT2D eigenvalue weighted by atomic mass is 32.2. The van der Waals surface area contributed by atoms with Crippen LogP contribution in [0.4, 0.5) is 0 Å². The fourth-order valence-electron chi connectivity index (χ4n) is 1.79. The number of hydrogen-bond acceptors (Lipinski definition) is 2. The van der Waals surface area contributed by atoms with Gasteiger partial charge in [-0.2, -0.15) is 0 Å². The van der Waals surface area contributed by atoms with E-state index >= 15 is 0 Å². The Morgan fingerprint density at radius 3 is 2.33 bits per heavy atom. The van der Waals surface area contributed by atoms with Crippen LogP contribution in [0.3, 0.4) is 0 Å². The molecule has 0 bridgehead atoms. The van der Waals surface area contributed by atoms with Crippen molar-refractivity contribution in [2.75, 3.05) is 0 Å². The highest BCUT2D eigenvalue weighted by molar-refractivity contribution is 7.99. The van der Waals surface area contributed by atoms with Crippen LogP contribution in [0.25, 0.3) is 0 Å². The molecule has 0 aromatic heterocycles. The average molecular weight is 256 g/mol. The van der Waals surface area contributed by atoms with Crippen molar-refractivity contribution in [2.45, 2.75) is 23.5 Å². The number of benzene rings is 2. The molecule has 0 saturated heterocycles. The number of carbonyl (C=O) groups is 1. The molecule has 0 radical (unpaired) electrons. The Hall–Kier alpha value is -1.54. The molecule has 0 amide bonds. The van der Waals surface area contributed by atoms with E-state index in [2.05, 4.69) is 43.3 Å². The molecule has 0 aliphatic rings. The van der Waals surface area contributed by atoms with Crippen LogP contribution in [-0.4, -0.2) is 6.29 Å². The summed E-state index contributed by atoms with van der Waals surface area (Å²) in [4.78, 5) is 12.0. The van der Waals surface area contributed by atoms with Crippen LogP contribution in [0.2, 0.25) is 0 Å². The first-order valence-corrected chi connectivity index (χ1v) is 6.89. The highest BCUT2D eigenvalue weighted by Crippen LogP contribution is 2.37. The second-order valence-electron chi connectivity index (χ2n) is 4.23. The summed E-state index contributed by atoms with van der Waals surface area (Å²) in [6.07, 6.45) is 1.54. The molecule has 0 aliphatic carbocycles. The molecule has 18 heavy (non-hydrogen) atoms. The Balaban J connectivity index is 2.16. The molecule has 1 unspecified atom stereocenters. The zero-order chi connectivity index (χ0) is 12.8. The summed E-state index contributed by atoms with van der Waals surface area (Å²) in [6.45, 7) is 2.08. The van der Waals surface area contributed by atoms with Crippen LogP contribution >= 0.6 is 11.8 Å². The molecule has 2 heteroatoms. The van der Waals surface area contributed by atoms with Gasteiger partial charge in [0, 0.05) is 16.6 Å². The van der Waals surface area contributed by atoms with Crippen LogP contribution in [-0.2, 0) is 4.79 Å². The molecule has 92 valence electrons. The van der Waals surface area contributed by atoms with E-state index in [4.69, 9.17) is 0 Å². The number of hydrogen-bond donors (Lipinski definition) is 0. The SMILES string of the molecule is Cc1ccc(SC(CC=O)c2ccccc2)cc1. The van der Waals surface area contributed by atoms with Gasteiger partial charge in [-0.25, -0.2) is 0 Å². The monoisotopic (exact) mass is 256 g/mol. The number of rotatable bonds is 5. The van der Waals surface area contributed by atoms with Crippen molar-refractivity contribution < 1.29 is 4.79 Å². The lowest BCUT2D eigenvalue weighted by Gasteiger charge is -2.14. The summed E-state index contributed by atoms with van der Waals surface area (Å²) in [5.74, 6) is 0. The summed E-state index contributed by atoms with van der Waals surface area (Å²) in [6, 6.07) is 18.6. The van der Waals surface area contributed by atoms with Gasteiger partial charge in [0.05, 0.1) is 0 Å². The maximum absolute atomic E-state index is 10.8. The van der Waals surface area contributed by atoms with Crippen molar-refractivity contribution in [1.29, 1.82) is 0 Å². The Labute approximate surface area is 112 Å². The fourth-order valence-corrected chi connectivity index (χ4v) is 2.88. The van der Waals surface area contributed by atoms with Crippen LogP contribution in [0.5, 0.6) is 0 Å². The molecule has 0 spiro atoms. The highest BCUT2D eigenvalue weighted by Gasteiger charge is 2.12. The molecule has 0 N–H and O–H groups in total. The first-order valence-electron chi connectivity index (χ1n) is 6.01. The van der Waals surface area contributed by atoms with E-state index in [0.717, 1.165) is 6.29 Å². The van der Waals surface area contributed by atoms with E-state index in [9.17, 15) is 4.79 Å². The zero-order valence-corrected chi connectivity index (χ0v) is 11.2. The molecule has 2 aromatic carbocycles. The molecular weight excluding hydrogens is 240 g/mol. The van der Waals surface area contributed by atoms with Crippen LogP contribution < -0.4 is 0 Å². The summed E-state index contributed by atoms with van der Waals surface area (Å²) in [5, 5.41) is 0.200. The maximum atomic E-state index is 10.8. The quantitative estimate of drug-likeness (QED) is 0.582. The van der Waals surface area contributed by atoms with Crippen molar-refractivity contribution in [3.8, 4) is 0 Å². The molecular formula is C16H16OS. The van der Waals surface area contributed by atoms with Crippen molar-refractivity contribution in [3.63, 3.8) is 0 Å². The lowest BCUT2D eigenvalue weighted by molar-refractivity contribution is -0.107. The van der Waals surface area contributed by atoms with Gasteiger partial charge in [-0.05, 0) is 24.6 Å². The lowest BCUT2D eigenvalue weighted by Crippen LogP contribution is -1.94. The molecule has 0 heterocycles. The van der Waals surface area contributed by atoms with Gasteiger partial charge < -0.3 is 4.79 Å². The van der Waals surface area contributed by atoms with Gasteiger partial charge in [0.1, 0.15) is 6.29 Å². The third kappa shape index (κ3) is 3.47. The van der Waals surface area contributed by atoms with Gasteiger partial charge in [-0.3, -0.25) is 0 Å². The molecule has 1 atom stereocenters. The van der Waals surface area contributed by atoms with E-state index in [1.54, 1.807) is 11.8 Å². The van der Waals surface area contributed by atoms with Gasteiger partial charge >= 0.3 is 0 Å². The second-order valence-corrected chi connectivity index (χ2v) is 5.51. The third-order valence-corrected chi connectivity index (χ3v) is 4.07.